The summed E-state index contributed by atoms with van der Waals surface area (Å²) in [4.78, 5) is 0. The Bertz CT molecular complexity index is 1760. The van der Waals surface area contributed by atoms with Crippen LogP contribution >= 0.6 is 0 Å². The van der Waals surface area contributed by atoms with E-state index in [0.29, 0.717) is 0 Å². The molecule has 0 aliphatic heterocycles. The zero-order chi connectivity index (χ0) is 23.9. The Morgan fingerprint density at radius 2 is 1.03 bits per heavy atom. The molecule has 6 aromatic rings. The van der Waals surface area contributed by atoms with Gasteiger partial charge < -0.3 is 9.13 Å². The Labute approximate surface area is 206 Å². The van der Waals surface area contributed by atoms with Crippen molar-refractivity contribution >= 4 is 21.8 Å². The van der Waals surface area contributed by atoms with Crippen LogP contribution in [0.1, 0.15) is 36.2 Å². The molecule has 170 valence electrons. The van der Waals surface area contributed by atoms with Crippen molar-refractivity contribution in [3.63, 3.8) is 0 Å². The van der Waals surface area contributed by atoms with Crippen LogP contribution in [0.5, 0.6) is 0 Å². The van der Waals surface area contributed by atoms with Crippen molar-refractivity contribution < 1.29 is 0 Å². The van der Waals surface area contributed by atoms with Crippen molar-refractivity contribution in [3.05, 3.63) is 119 Å². The van der Waals surface area contributed by atoms with Crippen LogP contribution in [0.15, 0.2) is 97.1 Å². The zero-order valence-corrected chi connectivity index (χ0v) is 20.6. The number of nitrogens with zero attached hydrogens (tertiary/aromatic N) is 2. The summed E-state index contributed by atoms with van der Waals surface area (Å²) in [6.07, 6.45) is 0. The highest BCUT2D eigenvalue weighted by Gasteiger charge is 2.45. The molecular weight excluding hydrogens is 424 g/mol. The fraction of sp³-hybridized carbons (Fsp3) is 0.152. The van der Waals surface area contributed by atoms with Gasteiger partial charge in [0, 0.05) is 38.8 Å². The lowest BCUT2D eigenvalue weighted by Gasteiger charge is -2.24. The number of fused-ring (bicyclic) bond motifs is 7. The molecule has 2 nitrogen and oxygen atoms in total. The van der Waals surface area contributed by atoms with E-state index in [9.17, 15) is 0 Å². The van der Waals surface area contributed by atoms with Crippen molar-refractivity contribution in [2.45, 2.75) is 33.1 Å². The average Bonchev–Trinajstić information content (AvgIpc) is 3.46. The van der Waals surface area contributed by atoms with Gasteiger partial charge in [-0.15, -0.1) is 0 Å². The number of hydrogen-bond donors (Lipinski definition) is 0. The molecule has 2 aromatic heterocycles. The van der Waals surface area contributed by atoms with Gasteiger partial charge in [0.2, 0.25) is 0 Å². The van der Waals surface area contributed by atoms with Gasteiger partial charge in [-0.25, -0.2) is 0 Å². The number of aromatic nitrogens is 2. The van der Waals surface area contributed by atoms with Crippen LogP contribution in [0.4, 0.5) is 0 Å². The maximum absolute atomic E-state index is 2.50. The van der Waals surface area contributed by atoms with Gasteiger partial charge >= 0.3 is 0 Å². The maximum Gasteiger partial charge on any atom is 0.0607 e. The summed E-state index contributed by atoms with van der Waals surface area (Å²) in [5.41, 5.74) is 12.8. The highest BCUT2D eigenvalue weighted by molar-refractivity contribution is 6.08. The van der Waals surface area contributed by atoms with Crippen LogP contribution in [0.3, 0.4) is 0 Å². The second-order valence-corrected chi connectivity index (χ2v) is 10.4. The fourth-order valence-corrected chi connectivity index (χ4v) is 6.22. The van der Waals surface area contributed by atoms with Crippen molar-refractivity contribution in [3.8, 4) is 22.6 Å². The largest absolute Gasteiger partial charge is 0.312 e. The SMILES string of the molecule is Cc1ccc(-n2c3c(c4ccccc42)C(C)(C)c2c-3c3ccccc3n2-c2ccc(C)cc2)cc1. The maximum atomic E-state index is 2.50. The van der Waals surface area contributed by atoms with E-state index in [0.717, 1.165) is 0 Å². The molecule has 0 amide bonds. The van der Waals surface area contributed by atoms with Gasteiger partial charge in [-0.05, 0) is 55.8 Å². The minimum Gasteiger partial charge on any atom is -0.312 e. The summed E-state index contributed by atoms with van der Waals surface area (Å²) in [6.45, 7) is 9.09. The summed E-state index contributed by atoms with van der Waals surface area (Å²) in [6, 6.07) is 35.7. The predicted molar refractivity (Wildman–Crippen MR) is 147 cm³/mol. The van der Waals surface area contributed by atoms with E-state index >= 15 is 0 Å². The normalized spacial score (nSPS) is 13.9. The summed E-state index contributed by atoms with van der Waals surface area (Å²) in [5.74, 6) is 0. The molecule has 1 aliphatic carbocycles. The quantitative estimate of drug-likeness (QED) is 0.249. The molecule has 7 rings (SSSR count). The number of para-hydroxylation sites is 2. The number of aryl methyl sites for hydroxylation is 2. The third-order valence-electron chi connectivity index (χ3n) is 7.79. The number of hydrogen-bond acceptors (Lipinski definition) is 0. The Morgan fingerprint density at radius 1 is 0.543 bits per heavy atom. The van der Waals surface area contributed by atoms with Crippen molar-refractivity contribution in [1.29, 1.82) is 0 Å². The van der Waals surface area contributed by atoms with E-state index in [-0.39, 0.29) is 5.41 Å². The third-order valence-corrected chi connectivity index (χ3v) is 7.79. The molecule has 0 spiro atoms. The molecule has 4 aromatic carbocycles. The second kappa shape index (κ2) is 6.99. The Balaban J connectivity index is 1.68. The topological polar surface area (TPSA) is 9.86 Å². The van der Waals surface area contributed by atoms with Gasteiger partial charge in [0.1, 0.15) is 0 Å². The first-order valence-electron chi connectivity index (χ1n) is 12.4. The monoisotopic (exact) mass is 452 g/mol. The summed E-state index contributed by atoms with van der Waals surface area (Å²) < 4.78 is 4.99. The first kappa shape index (κ1) is 20.3. The molecule has 0 saturated carbocycles. The van der Waals surface area contributed by atoms with E-state index in [1.54, 1.807) is 0 Å². The Morgan fingerprint density at radius 3 is 1.63 bits per heavy atom. The fourth-order valence-electron chi connectivity index (χ4n) is 6.22. The van der Waals surface area contributed by atoms with Crippen molar-refractivity contribution in [1.82, 2.24) is 9.13 Å². The van der Waals surface area contributed by atoms with Gasteiger partial charge in [0.25, 0.3) is 0 Å². The Hall–Kier alpha value is -4.04. The summed E-state index contributed by atoms with van der Waals surface area (Å²) in [5, 5.41) is 2.65. The highest BCUT2D eigenvalue weighted by Crippen LogP contribution is 2.57. The molecule has 0 bridgehead atoms. The highest BCUT2D eigenvalue weighted by atomic mass is 15.1. The van der Waals surface area contributed by atoms with Gasteiger partial charge in [-0.2, -0.15) is 0 Å². The van der Waals surface area contributed by atoms with E-state index < -0.39 is 0 Å². The van der Waals surface area contributed by atoms with Crippen LogP contribution in [-0.4, -0.2) is 9.13 Å². The lowest BCUT2D eigenvalue weighted by atomic mass is 9.84. The van der Waals surface area contributed by atoms with Gasteiger partial charge in [-0.1, -0.05) is 85.6 Å². The first-order chi connectivity index (χ1) is 17.0. The average molecular weight is 453 g/mol. The van der Waals surface area contributed by atoms with Crippen LogP contribution < -0.4 is 0 Å². The molecule has 2 heterocycles. The summed E-state index contributed by atoms with van der Waals surface area (Å²) >= 11 is 0. The predicted octanol–water partition coefficient (Wildman–Crippen LogP) is 8.50. The van der Waals surface area contributed by atoms with Crippen LogP contribution in [0.25, 0.3) is 44.4 Å². The smallest absolute Gasteiger partial charge is 0.0607 e. The van der Waals surface area contributed by atoms with E-state index in [2.05, 4.69) is 134 Å². The van der Waals surface area contributed by atoms with Crippen molar-refractivity contribution in [2.24, 2.45) is 0 Å². The zero-order valence-electron chi connectivity index (χ0n) is 20.6. The number of rotatable bonds is 2. The van der Waals surface area contributed by atoms with E-state index in [1.807, 2.05) is 0 Å². The standard InChI is InChI=1S/C33H28N2/c1-21-13-17-23(18-14-21)34-28-12-8-6-10-26(28)30-31(34)29-25-9-5-7-11-27(25)35(32(29)33(30,3)4)24-19-15-22(2)16-20-24/h5-20H,1-4H3. The van der Waals surface area contributed by atoms with Crippen LogP contribution in [-0.2, 0) is 5.41 Å². The lowest BCUT2D eigenvalue weighted by molar-refractivity contribution is 0.629. The molecule has 0 atom stereocenters. The Kier molecular flexibility index (Phi) is 4.06. The third kappa shape index (κ3) is 2.65. The van der Waals surface area contributed by atoms with E-state index in [4.69, 9.17) is 0 Å². The molecule has 0 saturated heterocycles. The lowest BCUT2D eigenvalue weighted by Crippen LogP contribution is -2.19. The minimum absolute atomic E-state index is 0.163. The second-order valence-electron chi connectivity index (χ2n) is 10.4. The van der Waals surface area contributed by atoms with Crippen LogP contribution in [0, 0.1) is 13.8 Å². The molecule has 0 N–H and O–H groups in total. The number of benzene rings is 4. The molecule has 0 radical (unpaired) electrons. The molecule has 2 heteroatoms. The van der Waals surface area contributed by atoms with Gasteiger partial charge in [0.15, 0.2) is 0 Å². The molecule has 0 fully saturated rings. The minimum atomic E-state index is -0.163. The molecule has 1 aliphatic rings. The van der Waals surface area contributed by atoms with Crippen molar-refractivity contribution in [2.75, 3.05) is 0 Å². The summed E-state index contributed by atoms with van der Waals surface area (Å²) in [7, 11) is 0. The van der Waals surface area contributed by atoms with Crippen LogP contribution in [0.2, 0.25) is 0 Å². The van der Waals surface area contributed by atoms with Gasteiger partial charge in [-0.3, -0.25) is 0 Å². The molecule has 0 unspecified atom stereocenters. The molecule has 35 heavy (non-hydrogen) atoms. The first-order valence-corrected chi connectivity index (χ1v) is 12.4. The van der Waals surface area contributed by atoms with Gasteiger partial charge in [0.05, 0.1) is 16.7 Å². The van der Waals surface area contributed by atoms with E-state index in [1.165, 1.54) is 66.8 Å². The molecular formula is C33H28N2.